The number of hydrogen-bond acceptors (Lipinski definition) is 2. The van der Waals surface area contributed by atoms with Gasteiger partial charge in [0, 0.05) is 25.3 Å². The van der Waals surface area contributed by atoms with Crippen molar-refractivity contribution in [1.82, 2.24) is 15.1 Å². The van der Waals surface area contributed by atoms with Crippen LogP contribution in [0.5, 0.6) is 0 Å². The summed E-state index contributed by atoms with van der Waals surface area (Å²) in [6, 6.07) is 7.42. The van der Waals surface area contributed by atoms with Crippen LogP contribution in [0.15, 0.2) is 36.5 Å². The molecule has 0 saturated heterocycles. The molecule has 1 N–H and O–H groups in total. The van der Waals surface area contributed by atoms with Gasteiger partial charge in [-0.05, 0) is 37.6 Å². The van der Waals surface area contributed by atoms with Gasteiger partial charge in [0.1, 0.15) is 0 Å². The number of nitrogens with zero attached hydrogens (tertiary/aromatic N) is 2. The molecule has 1 aromatic carbocycles. The second-order valence-electron chi connectivity index (χ2n) is 5.18. The lowest BCUT2D eigenvalue weighted by atomic mass is 10.1. The maximum Gasteiger partial charge on any atom is 0.416 e. The molecule has 0 saturated carbocycles. The minimum absolute atomic E-state index is 0.314. The maximum absolute atomic E-state index is 12.4. The minimum atomic E-state index is -4.28. The number of alkyl halides is 3. The van der Waals surface area contributed by atoms with Crippen LogP contribution in [-0.2, 0) is 19.3 Å². The number of aromatic nitrogens is 2. The van der Waals surface area contributed by atoms with Gasteiger partial charge >= 0.3 is 6.18 Å². The van der Waals surface area contributed by atoms with E-state index in [2.05, 4.69) is 10.4 Å². The van der Waals surface area contributed by atoms with Crippen LogP contribution in [-0.4, -0.2) is 9.78 Å². The normalized spacial score (nSPS) is 12.1. The molecule has 0 spiro atoms. The van der Waals surface area contributed by atoms with Gasteiger partial charge in [0.15, 0.2) is 0 Å². The average Bonchev–Trinajstić information content (AvgIpc) is 2.87. The highest BCUT2D eigenvalue weighted by Gasteiger charge is 2.29. The lowest BCUT2D eigenvalue weighted by Gasteiger charge is -2.08. The van der Waals surface area contributed by atoms with Crippen molar-refractivity contribution in [3.63, 3.8) is 0 Å². The summed E-state index contributed by atoms with van der Waals surface area (Å²) < 4.78 is 39.2. The summed E-state index contributed by atoms with van der Waals surface area (Å²) in [5.41, 5.74) is 1.10. The first-order chi connectivity index (χ1) is 9.86. The zero-order valence-corrected chi connectivity index (χ0v) is 12.0. The van der Waals surface area contributed by atoms with E-state index < -0.39 is 11.7 Å². The third-order valence-corrected chi connectivity index (χ3v) is 3.11. The molecule has 3 nitrogen and oxygen atoms in total. The van der Waals surface area contributed by atoms with Crippen molar-refractivity contribution in [2.45, 2.75) is 39.2 Å². The largest absolute Gasteiger partial charge is 0.416 e. The van der Waals surface area contributed by atoms with Crippen LogP contribution >= 0.6 is 0 Å². The Labute approximate surface area is 121 Å². The smallest absolute Gasteiger partial charge is 0.307 e. The number of halogens is 3. The molecule has 0 bridgehead atoms. The number of hydrogen-bond donors (Lipinski definition) is 1. The lowest BCUT2D eigenvalue weighted by molar-refractivity contribution is -0.137. The van der Waals surface area contributed by atoms with E-state index in [0.29, 0.717) is 19.1 Å². The molecule has 2 rings (SSSR count). The molecule has 114 valence electrons. The molecular formula is C15H18F3N3. The lowest BCUT2D eigenvalue weighted by Crippen LogP contribution is -2.14. The van der Waals surface area contributed by atoms with Crippen LogP contribution < -0.4 is 5.32 Å². The third-order valence-electron chi connectivity index (χ3n) is 3.11. The van der Waals surface area contributed by atoms with Crippen molar-refractivity contribution in [3.8, 4) is 0 Å². The molecule has 0 aliphatic rings. The number of rotatable bonds is 5. The van der Waals surface area contributed by atoms with E-state index in [1.807, 2.05) is 30.8 Å². The van der Waals surface area contributed by atoms with Crippen molar-refractivity contribution in [2.75, 3.05) is 0 Å². The average molecular weight is 297 g/mol. The highest BCUT2D eigenvalue weighted by atomic mass is 19.4. The molecule has 2 aromatic rings. The van der Waals surface area contributed by atoms with Crippen LogP contribution in [0, 0.1) is 0 Å². The van der Waals surface area contributed by atoms with Gasteiger partial charge in [-0.15, -0.1) is 0 Å². The summed E-state index contributed by atoms with van der Waals surface area (Å²) in [7, 11) is 0. The van der Waals surface area contributed by atoms with E-state index in [1.54, 1.807) is 0 Å². The van der Waals surface area contributed by atoms with Gasteiger partial charge in [-0.3, -0.25) is 4.68 Å². The Morgan fingerprint density at radius 2 is 1.76 bits per heavy atom. The molecule has 1 heterocycles. The van der Waals surface area contributed by atoms with E-state index in [1.165, 1.54) is 12.1 Å². The fraction of sp³-hybridized carbons (Fsp3) is 0.400. The Morgan fingerprint density at radius 1 is 1.10 bits per heavy atom. The van der Waals surface area contributed by atoms with Gasteiger partial charge in [0.25, 0.3) is 0 Å². The fourth-order valence-electron chi connectivity index (χ4n) is 1.91. The molecule has 0 unspecified atom stereocenters. The SMILES string of the molecule is CC(C)n1ccc(CNCc2ccc(C(F)(F)F)cc2)n1. The van der Waals surface area contributed by atoms with E-state index >= 15 is 0 Å². The number of nitrogens with one attached hydrogen (secondary N) is 1. The van der Waals surface area contributed by atoms with Crippen LogP contribution in [0.2, 0.25) is 0 Å². The molecule has 0 aliphatic heterocycles. The first kappa shape index (κ1) is 15.6. The summed E-state index contributed by atoms with van der Waals surface area (Å²) in [6.07, 6.45) is -2.37. The van der Waals surface area contributed by atoms with Crippen LogP contribution in [0.25, 0.3) is 0 Å². The Balaban J connectivity index is 1.85. The zero-order chi connectivity index (χ0) is 15.5. The third kappa shape index (κ3) is 4.32. The molecular weight excluding hydrogens is 279 g/mol. The second kappa shape index (κ2) is 6.30. The van der Waals surface area contributed by atoms with Gasteiger partial charge in [-0.2, -0.15) is 18.3 Å². The van der Waals surface area contributed by atoms with Crippen LogP contribution in [0.4, 0.5) is 13.2 Å². The van der Waals surface area contributed by atoms with Crippen molar-refractivity contribution < 1.29 is 13.2 Å². The first-order valence-electron chi connectivity index (χ1n) is 6.77. The van der Waals surface area contributed by atoms with Crippen molar-refractivity contribution in [1.29, 1.82) is 0 Å². The Morgan fingerprint density at radius 3 is 2.29 bits per heavy atom. The van der Waals surface area contributed by atoms with E-state index in [0.717, 1.165) is 23.4 Å². The van der Waals surface area contributed by atoms with Gasteiger partial charge in [0.05, 0.1) is 11.3 Å². The molecule has 6 heteroatoms. The molecule has 0 aliphatic carbocycles. The summed E-state index contributed by atoms with van der Waals surface area (Å²) in [6.45, 7) is 5.19. The van der Waals surface area contributed by atoms with E-state index in [-0.39, 0.29) is 0 Å². The molecule has 0 amide bonds. The van der Waals surface area contributed by atoms with E-state index in [4.69, 9.17) is 0 Å². The molecule has 0 fully saturated rings. The highest BCUT2D eigenvalue weighted by Crippen LogP contribution is 2.29. The standard InChI is InChI=1S/C15H18F3N3/c1-11(2)21-8-7-14(20-21)10-19-9-12-3-5-13(6-4-12)15(16,17)18/h3-8,11,19H,9-10H2,1-2H3. The van der Waals surface area contributed by atoms with Gasteiger partial charge in [0.2, 0.25) is 0 Å². The van der Waals surface area contributed by atoms with Gasteiger partial charge in [-0.1, -0.05) is 12.1 Å². The van der Waals surface area contributed by atoms with Crippen molar-refractivity contribution in [3.05, 3.63) is 53.3 Å². The summed E-state index contributed by atoms with van der Waals surface area (Å²) >= 11 is 0. The molecule has 1 aromatic heterocycles. The summed E-state index contributed by atoms with van der Waals surface area (Å²) in [4.78, 5) is 0. The van der Waals surface area contributed by atoms with Crippen molar-refractivity contribution in [2.24, 2.45) is 0 Å². The van der Waals surface area contributed by atoms with Crippen LogP contribution in [0.1, 0.15) is 36.7 Å². The van der Waals surface area contributed by atoms with Crippen molar-refractivity contribution >= 4 is 0 Å². The Hall–Kier alpha value is -1.82. The topological polar surface area (TPSA) is 29.9 Å². The molecule has 0 atom stereocenters. The van der Waals surface area contributed by atoms with Crippen LogP contribution in [0.3, 0.4) is 0 Å². The fourth-order valence-corrected chi connectivity index (χ4v) is 1.91. The monoisotopic (exact) mass is 297 g/mol. The quantitative estimate of drug-likeness (QED) is 0.910. The number of benzene rings is 1. The zero-order valence-electron chi connectivity index (χ0n) is 12.0. The summed E-state index contributed by atoms with van der Waals surface area (Å²) in [5, 5.41) is 7.56. The Kier molecular flexibility index (Phi) is 4.67. The second-order valence-corrected chi connectivity index (χ2v) is 5.18. The predicted molar refractivity (Wildman–Crippen MR) is 74.6 cm³/mol. The van der Waals surface area contributed by atoms with E-state index in [9.17, 15) is 13.2 Å². The predicted octanol–water partition coefficient (Wildman–Crippen LogP) is 3.77. The maximum atomic E-state index is 12.4. The van der Waals surface area contributed by atoms with Gasteiger partial charge < -0.3 is 5.32 Å². The van der Waals surface area contributed by atoms with Gasteiger partial charge in [-0.25, -0.2) is 0 Å². The molecule has 21 heavy (non-hydrogen) atoms. The highest BCUT2D eigenvalue weighted by molar-refractivity contribution is 5.24. The summed E-state index contributed by atoms with van der Waals surface area (Å²) in [5.74, 6) is 0. The Bertz CT molecular complexity index is 571. The molecule has 0 radical (unpaired) electrons. The first-order valence-corrected chi connectivity index (χ1v) is 6.77. The minimum Gasteiger partial charge on any atom is -0.307 e.